The first kappa shape index (κ1) is 13.2. The average molecular weight is 257 g/mol. The number of aryl methyl sites for hydroxylation is 2. The molecule has 2 aliphatic rings. The van der Waals surface area contributed by atoms with Crippen molar-refractivity contribution in [2.45, 2.75) is 64.3 Å². The van der Waals surface area contributed by atoms with E-state index in [-0.39, 0.29) is 0 Å². The second kappa shape index (κ2) is 5.28. The first-order chi connectivity index (χ1) is 9.20. The highest BCUT2D eigenvalue weighted by Crippen LogP contribution is 2.45. The normalized spacial score (nSPS) is 28.1. The molecule has 1 atom stereocenters. The van der Waals surface area contributed by atoms with Gasteiger partial charge in [-0.05, 0) is 69.5 Å². The highest BCUT2D eigenvalue weighted by atomic mass is 15.0. The zero-order valence-electron chi connectivity index (χ0n) is 12.5. The summed E-state index contributed by atoms with van der Waals surface area (Å²) in [5.74, 6) is 0.936. The molecular weight excluding hydrogens is 230 g/mol. The molecule has 0 spiro atoms. The van der Waals surface area contributed by atoms with Crippen molar-refractivity contribution in [3.63, 3.8) is 0 Å². The number of nitrogens with one attached hydrogen (secondary N) is 1. The third-order valence-electron chi connectivity index (χ3n) is 5.15. The molecule has 0 aromatic heterocycles. The van der Waals surface area contributed by atoms with E-state index in [0.29, 0.717) is 5.54 Å². The Bertz CT molecular complexity index is 437. The van der Waals surface area contributed by atoms with Crippen LogP contribution in [0.1, 0.15) is 55.2 Å². The van der Waals surface area contributed by atoms with Crippen LogP contribution in [0.5, 0.6) is 0 Å². The molecule has 1 unspecified atom stereocenters. The van der Waals surface area contributed by atoms with Crippen molar-refractivity contribution in [2.75, 3.05) is 6.54 Å². The number of hydrogen-bond donors (Lipinski definition) is 1. The van der Waals surface area contributed by atoms with Crippen LogP contribution < -0.4 is 5.32 Å². The van der Waals surface area contributed by atoms with Crippen LogP contribution in [0.25, 0.3) is 0 Å². The highest BCUT2D eigenvalue weighted by molar-refractivity contribution is 5.32. The molecule has 1 aliphatic heterocycles. The summed E-state index contributed by atoms with van der Waals surface area (Å²) in [7, 11) is 0. The van der Waals surface area contributed by atoms with Crippen molar-refractivity contribution in [1.82, 2.24) is 5.32 Å². The van der Waals surface area contributed by atoms with Crippen LogP contribution in [0.4, 0.5) is 0 Å². The van der Waals surface area contributed by atoms with Crippen LogP contribution in [-0.2, 0) is 6.42 Å². The van der Waals surface area contributed by atoms with E-state index in [1.165, 1.54) is 62.6 Å². The maximum Gasteiger partial charge on any atom is 0.0250 e. The molecule has 1 heterocycles. The Morgan fingerprint density at radius 1 is 1.16 bits per heavy atom. The zero-order valence-corrected chi connectivity index (χ0v) is 12.5. The Balaban J connectivity index is 1.86. The van der Waals surface area contributed by atoms with E-state index in [9.17, 15) is 0 Å². The Labute approximate surface area is 117 Å². The highest BCUT2D eigenvalue weighted by Gasteiger charge is 2.44. The summed E-state index contributed by atoms with van der Waals surface area (Å²) in [5.41, 5.74) is 4.85. The fourth-order valence-corrected chi connectivity index (χ4v) is 3.78. The number of hydrogen-bond acceptors (Lipinski definition) is 1. The van der Waals surface area contributed by atoms with E-state index in [4.69, 9.17) is 0 Å². The predicted molar refractivity (Wildman–Crippen MR) is 81.5 cm³/mol. The van der Waals surface area contributed by atoms with Crippen LogP contribution in [0.15, 0.2) is 18.2 Å². The summed E-state index contributed by atoms with van der Waals surface area (Å²) in [6, 6.07) is 6.94. The minimum absolute atomic E-state index is 0.412. The van der Waals surface area contributed by atoms with Crippen molar-refractivity contribution in [3.8, 4) is 0 Å². The summed E-state index contributed by atoms with van der Waals surface area (Å²) < 4.78 is 0. The van der Waals surface area contributed by atoms with Gasteiger partial charge in [0, 0.05) is 5.54 Å². The summed E-state index contributed by atoms with van der Waals surface area (Å²) in [5, 5.41) is 3.95. The van der Waals surface area contributed by atoms with Crippen LogP contribution >= 0.6 is 0 Å². The molecule has 1 aromatic carbocycles. The molecule has 19 heavy (non-hydrogen) atoms. The minimum Gasteiger partial charge on any atom is -0.311 e. The molecule has 1 saturated heterocycles. The molecule has 1 N–H and O–H groups in total. The molecule has 2 fully saturated rings. The first-order valence-corrected chi connectivity index (χ1v) is 8.01. The summed E-state index contributed by atoms with van der Waals surface area (Å²) >= 11 is 0. The van der Waals surface area contributed by atoms with Crippen LogP contribution in [0, 0.1) is 19.8 Å². The van der Waals surface area contributed by atoms with E-state index in [1.807, 2.05) is 0 Å². The Kier molecular flexibility index (Phi) is 3.66. The van der Waals surface area contributed by atoms with Gasteiger partial charge in [0.15, 0.2) is 0 Å². The average Bonchev–Trinajstić information content (AvgIpc) is 3.20. The lowest BCUT2D eigenvalue weighted by Gasteiger charge is -2.35. The summed E-state index contributed by atoms with van der Waals surface area (Å²) in [4.78, 5) is 0. The zero-order chi connectivity index (χ0) is 13.3. The van der Waals surface area contributed by atoms with Gasteiger partial charge in [-0.15, -0.1) is 0 Å². The molecule has 1 saturated carbocycles. The standard InChI is InChI=1S/C18H27N/c1-14-6-7-15(2)16(12-14)13-18(17-8-9-17)10-4-3-5-11-19-18/h6-7,12,17,19H,3-5,8-11,13H2,1-2H3. The van der Waals surface area contributed by atoms with Crippen molar-refractivity contribution in [2.24, 2.45) is 5.92 Å². The molecule has 104 valence electrons. The van der Waals surface area contributed by atoms with Gasteiger partial charge in [-0.25, -0.2) is 0 Å². The lowest BCUT2D eigenvalue weighted by molar-refractivity contribution is 0.270. The molecule has 0 bridgehead atoms. The largest absolute Gasteiger partial charge is 0.311 e. The first-order valence-electron chi connectivity index (χ1n) is 8.01. The number of rotatable bonds is 3. The van der Waals surface area contributed by atoms with Gasteiger partial charge in [0.05, 0.1) is 0 Å². The third kappa shape index (κ3) is 2.86. The second-order valence-corrected chi connectivity index (χ2v) is 6.77. The van der Waals surface area contributed by atoms with E-state index in [1.54, 1.807) is 5.56 Å². The van der Waals surface area contributed by atoms with Gasteiger partial charge in [-0.1, -0.05) is 36.6 Å². The third-order valence-corrected chi connectivity index (χ3v) is 5.15. The van der Waals surface area contributed by atoms with E-state index < -0.39 is 0 Å². The maximum absolute atomic E-state index is 3.95. The fourth-order valence-electron chi connectivity index (χ4n) is 3.78. The molecule has 1 nitrogen and oxygen atoms in total. The minimum atomic E-state index is 0.412. The Morgan fingerprint density at radius 3 is 2.79 bits per heavy atom. The quantitative estimate of drug-likeness (QED) is 0.857. The molecule has 0 radical (unpaired) electrons. The topological polar surface area (TPSA) is 12.0 Å². The molecule has 1 heteroatoms. The second-order valence-electron chi connectivity index (χ2n) is 6.77. The predicted octanol–water partition coefficient (Wildman–Crippen LogP) is 4.16. The van der Waals surface area contributed by atoms with Crippen LogP contribution in [-0.4, -0.2) is 12.1 Å². The van der Waals surface area contributed by atoms with Gasteiger partial charge < -0.3 is 5.32 Å². The van der Waals surface area contributed by atoms with Gasteiger partial charge >= 0.3 is 0 Å². The number of benzene rings is 1. The van der Waals surface area contributed by atoms with Gasteiger partial charge in [0.1, 0.15) is 0 Å². The smallest absolute Gasteiger partial charge is 0.0250 e. The molecule has 1 aromatic rings. The van der Waals surface area contributed by atoms with Crippen LogP contribution in [0.3, 0.4) is 0 Å². The maximum atomic E-state index is 3.95. The van der Waals surface area contributed by atoms with E-state index in [0.717, 1.165) is 5.92 Å². The van der Waals surface area contributed by atoms with Crippen molar-refractivity contribution in [1.29, 1.82) is 0 Å². The van der Waals surface area contributed by atoms with Gasteiger partial charge in [-0.3, -0.25) is 0 Å². The lowest BCUT2D eigenvalue weighted by atomic mass is 9.81. The monoisotopic (exact) mass is 257 g/mol. The van der Waals surface area contributed by atoms with E-state index >= 15 is 0 Å². The molecule has 0 amide bonds. The molecule has 3 rings (SSSR count). The van der Waals surface area contributed by atoms with Gasteiger partial charge in [-0.2, -0.15) is 0 Å². The SMILES string of the molecule is Cc1ccc(C)c(CC2(C3CC3)CCCCCN2)c1. The fraction of sp³-hybridized carbons (Fsp3) is 0.667. The van der Waals surface area contributed by atoms with Crippen LogP contribution in [0.2, 0.25) is 0 Å². The lowest BCUT2D eigenvalue weighted by Crippen LogP contribution is -2.48. The van der Waals surface area contributed by atoms with Gasteiger partial charge in [0.25, 0.3) is 0 Å². The molecular formula is C18H27N. The molecule has 1 aliphatic carbocycles. The summed E-state index contributed by atoms with van der Waals surface area (Å²) in [6.07, 6.45) is 9.69. The van der Waals surface area contributed by atoms with Gasteiger partial charge in [0.2, 0.25) is 0 Å². The van der Waals surface area contributed by atoms with E-state index in [2.05, 4.69) is 37.4 Å². The van der Waals surface area contributed by atoms with Crippen molar-refractivity contribution >= 4 is 0 Å². The Hall–Kier alpha value is -0.820. The Morgan fingerprint density at radius 2 is 2.00 bits per heavy atom. The van der Waals surface area contributed by atoms with Crippen molar-refractivity contribution < 1.29 is 0 Å². The van der Waals surface area contributed by atoms with Crippen molar-refractivity contribution in [3.05, 3.63) is 34.9 Å². The summed E-state index contributed by atoms with van der Waals surface area (Å²) in [6.45, 7) is 5.71.